The fourth-order valence-electron chi connectivity index (χ4n) is 0.922. The predicted octanol–water partition coefficient (Wildman–Crippen LogP) is 2.15. The van der Waals surface area contributed by atoms with Crippen molar-refractivity contribution in [3.63, 3.8) is 0 Å². The van der Waals surface area contributed by atoms with Crippen LogP contribution in [-0.4, -0.2) is 20.6 Å². The summed E-state index contributed by atoms with van der Waals surface area (Å²) in [6.07, 6.45) is 0. The van der Waals surface area contributed by atoms with E-state index in [1.54, 1.807) is 11.8 Å². The van der Waals surface area contributed by atoms with E-state index in [-0.39, 0.29) is 0 Å². The Bertz CT molecular complexity index is 386. The van der Waals surface area contributed by atoms with Gasteiger partial charge in [-0.25, -0.2) is 0 Å². The molecule has 4 nitrogen and oxygen atoms in total. The number of rotatable bonds is 3. The third kappa shape index (κ3) is 2.46. The molecule has 0 radical (unpaired) electrons. The Labute approximate surface area is 90.1 Å². The van der Waals surface area contributed by atoms with Crippen molar-refractivity contribution in [2.75, 3.05) is 0 Å². The topological polar surface area (TPSA) is 54.5 Å². The Morgan fingerprint density at radius 1 is 1.29 bits per heavy atom. The number of hydrogen-bond donors (Lipinski definition) is 1. The minimum absolute atomic E-state index is 0.699. The molecule has 6 heteroatoms. The summed E-state index contributed by atoms with van der Waals surface area (Å²) in [5, 5.41) is 14.3. The summed E-state index contributed by atoms with van der Waals surface area (Å²) in [6, 6.07) is 7.65. The molecular weight excluding hydrogens is 220 g/mol. The Morgan fingerprint density at radius 2 is 2.07 bits per heavy atom. The number of benzene rings is 1. The number of aromatic amines is 1. The Hall–Kier alpha value is -1.07. The first kappa shape index (κ1) is 9.48. The Morgan fingerprint density at radius 3 is 2.71 bits per heavy atom. The van der Waals surface area contributed by atoms with Crippen LogP contribution in [-0.2, 0) is 5.75 Å². The van der Waals surface area contributed by atoms with Crippen LogP contribution < -0.4 is 0 Å². The van der Waals surface area contributed by atoms with Crippen LogP contribution in [0.4, 0.5) is 0 Å². The van der Waals surface area contributed by atoms with E-state index < -0.39 is 0 Å². The van der Waals surface area contributed by atoms with Crippen LogP contribution in [0.1, 0.15) is 5.82 Å². The van der Waals surface area contributed by atoms with E-state index in [1.807, 2.05) is 24.3 Å². The smallest absolute Gasteiger partial charge is 0.177 e. The summed E-state index contributed by atoms with van der Waals surface area (Å²) >= 11 is 7.41. The Kier molecular flexibility index (Phi) is 3.00. The lowest BCUT2D eigenvalue weighted by molar-refractivity contribution is 0.881. The molecule has 0 amide bonds. The third-order valence-corrected chi connectivity index (χ3v) is 2.83. The highest BCUT2D eigenvalue weighted by Crippen LogP contribution is 2.22. The molecular formula is C8H7ClN4S. The molecule has 2 rings (SSSR count). The molecule has 0 saturated carbocycles. The van der Waals surface area contributed by atoms with Crippen molar-refractivity contribution in [2.24, 2.45) is 0 Å². The second-order valence-electron chi connectivity index (χ2n) is 2.57. The molecule has 0 aliphatic carbocycles. The van der Waals surface area contributed by atoms with Gasteiger partial charge < -0.3 is 0 Å². The van der Waals surface area contributed by atoms with Crippen LogP contribution in [0.2, 0.25) is 5.02 Å². The minimum atomic E-state index is 0.699. The highest BCUT2D eigenvalue weighted by Gasteiger charge is 1.99. The van der Waals surface area contributed by atoms with Gasteiger partial charge in [0, 0.05) is 9.92 Å². The van der Waals surface area contributed by atoms with Crippen molar-refractivity contribution in [1.29, 1.82) is 0 Å². The van der Waals surface area contributed by atoms with Crippen molar-refractivity contribution >= 4 is 23.4 Å². The van der Waals surface area contributed by atoms with Crippen LogP contribution >= 0.6 is 23.4 Å². The molecule has 1 aromatic carbocycles. The van der Waals surface area contributed by atoms with Gasteiger partial charge >= 0.3 is 0 Å². The van der Waals surface area contributed by atoms with E-state index in [1.165, 1.54) is 0 Å². The maximum absolute atomic E-state index is 5.76. The van der Waals surface area contributed by atoms with Crippen molar-refractivity contribution in [1.82, 2.24) is 20.6 Å². The first-order chi connectivity index (χ1) is 6.84. The number of tetrazole rings is 1. The zero-order valence-electron chi connectivity index (χ0n) is 7.14. The van der Waals surface area contributed by atoms with Crippen molar-refractivity contribution < 1.29 is 0 Å². The average molecular weight is 227 g/mol. The van der Waals surface area contributed by atoms with Gasteiger partial charge in [0.05, 0.1) is 5.75 Å². The van der Waals surface area contributed by atoms with Gasteiger partial charge in [-0.1, -0.05) is 16.8 Å². The molecule has 0 saturated heterocycles. The molecule has 0 aliphatic rings. The molecule has 1 heterocycles. The van der Waals surface area contributed by atoms with E-state index in [4.69, 9.17) is 11.6 Å². The van der Waals surface area contributed by atoms with Gasteiger partial charge in [-0.2, -0.15) is 5.21 Å². The lowest BCUT2D eigenvalue weighted by Crippen LogP contribution is -1.83. The monoisotopic (exact) mass is 226 g/mol. The van der Waals surface area contributed by atoms with Crippen molar-refractivity contribution in [3.8, 4) is 0 Å². The molecule has 0 spiro atoms. The molecule has 72 valence electrons. The quantitative estimate of drug-likeness (QED) is 0.815. The van der Waals surface area contributed by atoms with Gasteiger partial charge in [-0.3, -0.25) is 0 Å². The summed E-state index contributed by atoms with van der Waals surface area (Å²) in [5.74, 6) is 1.41. The maximum Gasteiger partial charge on any atom is 0.184 e. The fourth-order valence-corrected chi connectivity index (χ4v) is 1.79. The summed E-state index contributed by atoms with van der Waals surface area (Å²) < 4.78 is 0. The van der Waals surface area contributed by atoms with Crippen LogP contribution in [0.3, 0.4) is 0 Å². The number of nitrogens with one attached hydrogen (secondary N) is 1. The summed E-state index contributed by atoms with van der Waals surface area (Å²) in [5.41, 5.74) is 0. The number of H-pyrrole nitrogens is 1. The van der Waals surface area contributed by atoms with Gasteiger partial charge in [0.1, 0.15) is 0 Å². The molecule has 0 bridgehead atoms. The molecule has 14 heavy (non-hydrogen) atoms. The Balaban J connectivity index is 1.95. The minimum Gasteiger partial charge on any atom is -0.177 e. The highest BCUT2D eigenvalue weighted by atomic mass is 35.5. The zero-order valence-corrected chi connectivity index (χ0v) is 8.72. The molecule has 0 aliphatic heterocycles. The molecule has 1 N–H and O–H groups in total. The average Bonchev–Trinajstić information content (AvgIpc) is 2.70. The van der Waals surface area contributed by atoms with E-state index in [0.717, 1.165) is 9.92 Å². The van der Waals surface area contributed by atoms with Gasteiger partial charge in [-0.15, -0.1) is 22.0 Å². The van der Waals surface area contributed by atoms with Gasteiger partial charge in [0.15, 0.2) is 5.82 Å². The first-order valence-electron chi connectivity index (χ1n) is 3.95. The fraction of sp³-hybridized carbons (Fsp3) is 0.125. The van der Waals surface area contributed by atoms with Gasteiger partial charge in [0.25, 0.3) is 0 Å². The second kappa shape index (κ2) is 4.43. The van der Waals surface area contributed by atoms with Crippen molar-refractivity contribution in [2.45, 2.75) is 10.6 Å². The number of thioether (sulfide) groups is 1. The van der Waals surface area contributed by atoms with E-state index in [0.29, 0.717) is 11.6 Å². The normalized spacial score (nSPS) is 10.4. The predicted molar refractivity (Wildman–Crippen MR) is 55.2 cm³/mol. The van der Waals surface area contributed by atoms with Crippen LogP contribution in [0.25, 0.3) is 0 Å². The standard InChI is InChI=1S/C8H7ClN4S/c9-6-1-3-7(4-2-6)14-5-8-10-12-13-11-8/h1-4H,5H2,(H,10,11,12,13). The molecule has 1 aromatic heterocycles. The largest absolute Gasteiger partial charge is 0.184 e. The van der Waals surface area contributed by atoms with Crippen LogP contribution in [0, 0.1) is 0 Å². The van der Waals surface area contributed by atoms with Crippen molar-refractivity contribution in [3.05, 3.63) is 35.1 Å². The van der Waals surface area contributed by atoms with E-state index in [9.17, 15) is 0 Å². The lowest BCUT2D eigenvalue weighted by Gasteiger charge is -1.97. The SMILES string of the molecule is Clc1ccc(SCc2nn[nH]n2)cc1. The number of aromatic nitrogens is 4. The molecule has 0 atom stereocenters. The number of hydrogen-bond acceptors (Lipinski definition) is 4. The van der Waals surface area contributed by atoms with E-state index >= 15 is 0 Å². The second-order valence-corrected chi connectivity index (χ2v) is 4.06. The third-order valence-electron chi connectivity index (χ3n) is 1.57. The maximum atomic E-state index is 5.76. The van der Waals surface area contributed by atoms with Crippen LogP contribution in [0.5, 0.6) is 0 Å². The summed E-state index contributed by atoms with van der Waals surface area (Å²) in [6.45, 7) is 0. The zero-order chi connectivity index (χ0) is 9.80. The van der Waals surface area contributed by atoms with E-state index in [2.05, 4.69) is 20.6 Å². The number of halogens is 1. The lowest BCUT2D eigenvalue weighted by atomic mass is 10.4. The highest BCUT2D eigenvalue weighted by molar-refractivity contribution is 7.98. The van der Waals surface area contributed by atoms with Gasteiger partial charge in [-0.05, 0) is 24.3 Å². The van der Waals surface area contributed by atoms with Crippen LogP contribution in [0.15, 0.2) is 29.2 Å². The first-order valence-corrected chi connectivity index (χ1v) is 5.31. The molecule has 0 unspecified atom stereocenters. The van der Waals surface area contributed by atoms with Gasteiger partial charge in [0.2, 0.25) is 0 Å². The summed E-state index contributed by atoms with van der Waals surface area (Å²) in [4.78, 5) is 1.14. The number of nitrogens with zero attached hydrogens (tertiary/aromatic N) is 3. The molecule has 2 aromatic rings. The molecule has 0 fully saturated rings. The summed E-state index contributed by atoms with van der Waals surface area (Å²) in [7, 11) is 0.